The fourth-order valence-corrected chi connectivity index (χ4v) is 4.15. The second-order valence-corrected chi connectivity index (χ2v) is 8.84. The lowest BCUT2D eigenvalue weighted by Gasteiger charge is -2.18. The summed E-state index contributed by atoms with van der Waals surface area (Å²) < 4.78 is 0. The summed E-state index contributed by atoms with van der Waals surface area (Å²) in [6.45, 7) is 1.76. The monoisotopic (exact) mass is 432 g/mol. The van der Waals surface area contributed by atoms with Crippen LogP contribution in [0.3, 0.4) is 0 Å². The number of hydrogen-bond acceptors (Lipinski definition) is 6. The van der Waals surface area contributed by atoms with Gasteiger partial charge in [0.05, 0.1) is 5.69 Å². The van der Waals surface area contributed by atoms with Crippen molar-refractivity contribution in [2.75, 3.05) is 12.0 Å². The van der Waals surface area contributed by atoms with Gasteiger partial charge in [-0.1, -0.05) is 30.3 Å². The molecule has 1 saturated carbocycles. The molecular formula is C20H24N4O3S2. The first-order valence-electron chi connectivity index (χ1n) is 9.42. The Balaban J connectivity index is 1.60. The average Bonchev–Trinajstić information content (AvgIpc) is 3.51. The number of nitrogens with zero attached hydrogens (tertiary/aromatic N) is 1. The van der Waals surface area contributed by atoms with Gasteiger partial charge in [-0.25, -0.2) is 4.98 Å². The number of aryl methyl sites for hydroxylation is 1. The van der Waals surface area contributed by atoms with Crippen LogP contribution in [0.5, 0.6) is 0 Å². The predicted molar refractivity (Wildman–Crippen MR) is 116 cm³/mol. The molecule has 0 spiro atoms. The smallest absolute Gasteiger partial charge is 0.281 e. The van der Waals surface area contributed by atoms with Crippen molar-refractivity contribution < 1.29 is 14.4 Å². The van der Waals surface area contributed by atoms with Gasteiger partial charge in [-0.05, 0) is 38.2 Å². The minimum atomic E-state index is -0.668. The number of rotatable bonds is 8. The zero-order chi connectivity index (χ0) is 20.8. The lowest BCUT2D eigenvalue weighted by Crippen LogP contribution is -2.52. The molecule has 3 amide bonds. The Bertz CT molecular complexity index is 881. The zero-order valence-electron chi connectivity index (χ0n) is 16.4. The first-order valence-corrected chi connectivity index (χ1v) is 11.6. The van der Waals surface area contributed by atoms with Crippen LogP contribution in [-0.2, 0) is 9.59 Å². The van der Waals surface area contributed by atoms with Gasteiger partial charge in [0.25, 0.3) is 11.8 Å². The van der Waals surface area contributed by atoms with Crippen LogP contribution in [0.4, 0.5) is 0 Å². The number of hydrogen-bond donors (Lipinski definition) is 3. The molecule has 1 atom stereocenters. The summed E-state index contributed by atoms with van der Waals surface area (Å²) in [5.41, 5.74) is 6.43. The molecular weight excluding hydrogens is 408 g/mol. The van der Waals surface area contributed by atoms with E-state index in [9.17, 15) is 14.4 Å². The molecule has 1 aromatic carbocycles. The second-order valence-electron chi connectivity index (χ2n) is 6.86. The third-order valence-corrected chi connectivity index (χ3v) is 6.36. The van der Waals surface area contributed by atoms with Crippen LogP contribution in [0.1, 0.15) is 34.6 Å². The number of nitrogens with one attached hydrogen (secondary N) is 3. The van der Waals surface area contributed by atoms with E-state index in [0.717, 1.165) is 29.2 Å². The van der Waals surface area contributed by atoms with Crippen LogP contribution >= 0.6 is 23.1 Å². The molecule has 0 saturated heterocycles. The number of carbonyl (C=O) groups excluding carboxylic acids is 3. The summed E-state index contributed by atoms with van der Waals surface area (Å²) in [5.74, 6) is -0.195. The molecule has 154 valence electrons. The highest BCUT2D eigenvalue weighted by Gasteiger charge is 2.32. The molecule has 0 aliphatic heterocycles. The summed E-state index contributed by atoms with van der Waals surface area (Å²) >= 11 is 2.87. The first kappa shape index (κ1) is 21.3. The SMILES string of the molecule is CSCCC(NC(=O)C1CC1)C(=O)NNC(=O)c1sc(-c2ccccc2)nc1C. The van der Waals surface area contributed by atoms with E-state index in [-0.39, 0.29) is 11.8 Å². The highest BCUT2D eigenvalue weighted by molar-refractivity contribution is 7.98. The molecule has 0 bridgehead atoms. The van der Waals surface area contributed by atoms with E-state index in [0.29, 0.717) is 17.0 Å². The van der Waals surface area contributed by atoms with Crippen LogP contribution in [0.2, 0.25) is 0 Å². The molecule has 1 aliphatic rings. The van der Waals surface area contributed by atoms with Crippen molar-refractivity contribution in [2.45, 2.75) is 32.2 Å². The van der Waals surface area contributed by atoms with E-state index in [4.69, 9.17) is 0 Å². The number of amides is 3. The third-order valence-electron chi connectivity index (χ3n) is 4.51. The molecule has 2 aromatic rings. The quantitative estimate of drug-likeness (QED) is 0.557. The fraction of sp³-hybridized carbons (Fsp3) is 0.400. The number of thiazole rings is 1. The summed E-state index contributed by atoms with van der Waals surface area (Å²) in [5, 5.41) is 3.53. The average molecular weight is 433 g/mol. The minimum absolute atomic E-state index is 0.0189. The van der Waals surface area contributed by atoms with Gasteiger partial charge in [0.1, 0.15) is 15.9 Å². The Morgan fingerprint density at radius 2 is 1.93 bits per heavy atom. The van der Waals surface area contributed by atoms with Crippen LogP contribution in [0.15, 0.2) is 30.3 Å². The molecule has 1 fully saturated rings. The zero-order valence-corrected chi connectivity index (χ0v) is 18.0. The van der Waals surface area contributed by atoms with Gasteiger partial charge in [0.15, 0.2) is 0 Å². The van der Waals surface area contributed by atoms with Gasteiger partial charge in [-0.15, -0.1) is 11.3 Å². The van der Waals surface area contributed by atoms with E-state index >= 15 is 0 Å². The third kappa shape index (κ3) is 5.80. The minimum Gasteiger partial charge on any atom is -0.344 e. The van der Waals surface area contributed by atoms with Crippen LogP contribution < -0.4 is 16.2 Å². The highest BCUT2D eigenvalue weighted by Crippen LogP contribution is 2.29. The van der Waals surface area contributed by atoms with Crippen molar-refractivity contribution in [1.29, 1.82) is 0 Å². The summed E-state index contributed by atoms with van der Waals surface area (Å²) in [6, 6.07) is 8.94. The molecule has 29 heavy (non-hydrogen) atoms. The Morgan fingerprint density at radius 1 is 1.21 bits per heavy atom. The maximum Gasteiger partial charge on any atom is 0.281 e. The van der Waals surface area contributed by atoms with E-state index in [1.54, 1.807) is 18.7 Å². The van der Waals surface area contributed by atoms with Gasteiger partial charge >= 0.3 is 0 Å². The topological polar surface area (TPSA) is 100 Å². The van der Waals surface area contributed by atoms with Crippen molar-refractivity contribution in [1.82, 2.24) is 21.2 Å². The highest BCUT2D eigenvalue weighted by atomic mass is 32.2. The van der Waals surface area contributed by atoms with Crippen LogP contribution in [-0.4, -0.2) is 40.8 Å². The van der Waals surface area contributed by atoms with Crippen molar-refractivity contribution in [3.05, 3.63) is 40.9 Å². The van der Waals surface area contributed by atoms with Gasteiger partial charge in [-0.3, -0.25) is 25.2 Å². The largest absolute Gasteiger partial charge is 0.344 e. The van der Waals surface area contributed by atoms with Gasteiger partial charge < -0.3 is 5.32 Å². The van der Waals surface area contributed by atoms with Crippen molar-refractivity contribution in [3.8, 4) is 10.6 Å². The Morgan fingerprint density at radius 3 is 2.59 bits per heavy atom. The molecule has 3 N–H and O–H groups in total. The molecule has 1 unspecified atom stereocenters. The maximum absolute atomic E-state index is 12.5. The summed E-state index contributed by atoms with van der Waals surface area (Å²) in [6.07, 6.45) is 4.18. The lowest BCUT2D eigenvalue weighted by atomic mass is 10.2. The molecule has 0 radical (unpaired) electrons. The van der Waals surface area contributed by atoms with Crippen molar-refractivity contribution >= 4 is 40.8 Å². The Labute approximate surface area is 178 Å². The maximum atomic E-state index is 12.5. The number of thioether (sulfide) groups is 1. The van der Waals surface area contributed by atoms with Gasteiger partial charge in [0.2, 0.25) is 5.91 Å². The van der Waals surface area contributed by atoms with E-state index in [1.807, 2.05) is 36.6 Å². The molecule has 1 aliphatic carbocycles. The predicted octanol–water partition coefficient (Wildman–Crippen LogP) is 2.53. The molecule has 3 rings (SSSR count). The number of aromatic nitrogens is 1. The van der Waals surface area contributed by atoms with Crippen molar-refractivity contribution in [2.24, 2.45) is 5.92 Å². The summed E-state index contributed by atoms with van der Waals surface area (Å²) in [4.78, 5) is 42.0. The van der Waals surface area contributed by atoms with Crippen LogP contribution in [0.25, 0.3) is 10.6 Å². The van der Waals surface area contributed by atoms with Gasteiger partial charge in [0, 0.05) is 11.5 Å². The number of hydrazine groups is 1. The van der Waals surface area contributed by atoms with E-state index in [2.05, 4.69) is 21.2 Å². The molecule has 1 aromatic heterocycles. The van der Waals surface area contributed by atoms with Gasteiger partial charge in [-0.2, -0.15) is 11.8 Å². The van der Waals surface area contributed by atoms with E-state index in [1.165, 1.54) is 11.3 Å². The second kappa shape index (κ2) is 9.89. The van der Waals surface area contributed by atoms with E-state index < -0.39 is 17.9 Å². The van der Waals surface area contributed by atoms with Crippen molar-refractivity contribution in [3.63, 3.8) is 0 Å². The lowest BCUT2D eigenvalue weighted by molar-refractivity contribution is -0.130. The molecule has 1 heterocycles. The standard InChI is InChI=1S/C20H24N4O3S2/c1-12-16(29-20(21-12)14-6-4-3-5-7-14)19(27)24-23-18(26)15(10-11-28-2)22-17(25)13-8-9-13/h3-7,13,15H,8-11H2,1-2H3,(H,22,25)(H,23,26)(H,24,27). The Hall–Kier alpha value is -2.39. The fourth-order valence-electron chi connectivity index (χ4n) is 2.71. The normalized spacial score (nSPS) is 14.1. The number of carbonyl (C=O) groups is 3. The molecule has 9 heteroatoms. The first-order chi connectivity index (χ1) is 14.0. The number of benzene rings is 1. The molecule has 7 nitrogen and oxygen atoms in total. The van der Waals surface area contributed by atoms with Crippen LogP contribution in [0, 0.1) is 12.8 Å². The Kier molecular flexibility index (Phi) is 7.27. The summed E-state index contributed by atoms with van der Waals surface area (Å²) in [7, 11) is 0.